The third kappa shape index (κ3) is 2.77. The SMILES string of the molecule is COc1ccc([N+](=O)[O-])c(N2CC(N3CCNCC3)C2)n1. The van der Waals surface area contributed by atoms with E-state index in [1.54, 1.807) is 0 Å². The zero-order valence-corrected chi connectivity index (χ0v) is 12.0. The van der Waals surface area contributed by atoms with Crippen LogP contribution in [-0.2, 0) is 0 Å². The summed E-state index contributed by atoms with van der Waals surface area (Å²) >= 11 is 0. The van der Waals surface area contributed by atoms with E-state index in [-0.39, 0.29) is 10.6 Å². The average Bonchev–Trinajstić information content (AvgIpc) is 2.46. The predicted molar refractivity (Wildman–Crippen MR) is 77.9 cm³/mol. The summed E-state index contributed by atoms with van der Waals surface area (Å²) in [4.78, 5) is 19.4. The summed E-state index contributed by atoms with van der Waals surface area (Å²) in [6.07, 6.45) is 0. The molecule has 8 nitrogen and oxygen atoms in total. The van der Waals surface area contributed by atoms with Gasteiger partial charge in [0.25, 0.3) is 0 Å². The van der Waals surface area contributed by atoms with E-state index in [1.807, 2.05) is 4.90 Å². The molecule has 0 unspecified atom stereocenters. The Balaban J connectivity index is 1.71. The molecule has 8 heteroatoms. The number of hydrogen-bond donors (Lipinski definition) is 1. The first-order valence-electron chi connectivity index (χ1n) is 7.08. The summed E-state index contributed by atoms with van der Waals surface area (Å²) in [6, 6.07) is 3.44. The first-order valence-corrected chi connectivity index (χ1v) is 7.08. The van der Waals surface area contributed by atoms with Gasteiger partial charge in [0.1, 0.15) is 0 Å². The highest BCUT2D eigenvalue weighted by Gasteiger charge is 2.36. The smallest absolute Gasteiger partial charge is 0.311 e. The van der Waals surface area contributed by atoms with Crippen LogP contribution >= 0.6 is 0 Å². The van der Waals surface area contributed by atoms with Crippen molar-refractivity contribution in [3.63, 3.8) is 0 Å². The number of piperazine rings is 1. The van der Waals surface area contributed by atoms with Crippen molar-refractivity contribution in [3.8, 4) is 5.88 Å². The molecule has 0 radical (unpaired) electrons. The number of hydrogen-bond acceptors (Lipinski definition) is 7. The van der Waals surface area contributed by atoms with Gasteiger partial charge in [0.2, 0.25) is 11.7 Å². The Hall–Kier alpha value is -1.93. The van der Waals surface area contributed by atoms with Gasteiger partial charge in [-0.2, -0.15) is 4.98 Å². The Morgan fingerprint density at radius 1 is 1.38 bits per heavy atom. The molecular weight excluding hydrogens is 274 g/mol. The third-order valence-electron chi connectivity index (χ3n) is 4.06. The first kappa shape index (κ1) is 14.0. The summed E-state index contributed by atoms with van der Waals surface area (Å²) < 4.78 is 5.07. The van der Waals surface area contributed by atoms with Crippen LogP contribution in [0.3, 0.4) is 0 Å². The minimum absolute atomic E-state index is 0.0366. The Labute approximate surface area is 122 Å². The van der Waals surface area contributed by atoms with Crippen molar-refractivity contribution in [3.05, 3.63) is 22.2 Å². The van der Waals surface area contributed by atoms with Crippen LogP contribution in [0, 0.1) is 10.1 Å². The molecule has 2 saturated heterocycles. The van der Waals surface area contributed by atoms with E-state index in [2.05, 4.69) is 15.2 Å². The molecule has 0 aromatic carbocycles. The van der Waals surface area contributed by atoms with Gasteiger partial charge in [-0.3, -0.25) is 15.0 Å². The maximum atomic E-state index is 11.1. The molecule has 0 atom stereocenters. The molecule has 2 fully saturated rings. The van der Waals surface area contributed by atoms with Crippen LogP contribution in [0.25, 0.3) is 0 Å². The van der Waals surface area contributed by atoms with Crippen LogP contribution in [0.1, 0.15) is 0 Å². The molecule has 21 heavy (non-hydrogen) atoms. The van der Waals surface area contributed by atoms with Crippen molar-refractivity contribution in [2.24, 2.45) is 0 Å². The standard InChI is InChI=1S/C13H19N5O3/c1-21-12-3-2-11(18(19)20)13(15-12)17-8-10(9-17)16-6-4-14-5-7-16/h2-3,10,14H,4-9H2,1H3. The summed E-state index contributed by atoms with van der Waals surface area (Å²) in [6.45, 7) is 5.64. The van der Waals surface area contributed by atoms with Gasteiger partial charge in [-0.15, -0.1) is 0 Å². The fourth-order valence-electron chi connectivity index (χ4n) is 2.82. The van der Waals surface area contributed by atoms with Gasteiger partial charge in [-0.1, -0.05) is 0 Å². The molecule has 1 aromatic rings. The Bertz CT molecular complexity index is 527. The minimum atomic E-state index is -0.389. The highest BCUT2D eigenvalue weighted by Crippen LogP contribution is 2.32. The molecule has 1 aromatic heterocycles. The molecule has 2 aliphatic heterocycles. The second kappa shape index (κ2) is 5.82. The number of aromatic nitrogens is 1. The Morgan fingerprint density at radius 2 is 2.10 bits per heavy atom. The highest BCUT2D eigenvalue weighted by molar-refractivity contribution is 5.60. The quantitative estimate of drug-likeness (QED) is 0.622. The summed E-state index contributed by atoms with van der Waals surface area (Å²) in [5.74, 6) is 0.812. The zero-order valence-electron chi connectivity index (χ0n) is 12.0. The molecule has 0 aliphatic carbocycles. The maximum absolute atomic E-state index is 11.1. The topological polar surface area (TPSA) is 83.8 Å². The average molecular weight is 293 g/mol. The fourth-order valence-corrected chi connectivity index (χ4v) is 2.82. The van der Waals surface area contributed by atoms with Crippen molar-refractivity contribution in [1.29, 1.82) is 0 Å². The van der Waals surface area contributed by atoms with E-state index in [0.29, 0.717) is 17.7 Å². The number of nitrogens with one attached hydrogen (secondary N) is 1. The van der Waals surface area contributed by atoms with E-state index in [9.17, 15) is 10.1 Å². The maximum Gasteiger partial charge on any atom is 0.311 e. The van der Waals surface area contributed by atoms with Gasteiger partial charge >= 0.3 is 5.69 Å². The van der Waals surface area contributed by atoms with Crippen molar-refractivity contribution >= 4 is 11.5 Å². The number of pyridine rings is 1. The molecule has 0 amide bonds. The van der Waals surface area contributed by atoms with Crippen LogP contribution in [0.15, 0.2) is 12.1 Å². The molecule has 3 heterocycles. The van der Waals surface area contributed by atoms with Gasteiger partial charge in [-0.05, 0) is 0 Å². The van der Waals surface area contributed by atoms with Gasteiger partial charge < -0.3 is 15.0 Å². The Kier molecular flexibility index (Phi) is 3.89. The number of ether oxygens (including phenoxy) is 1. The van der Waals surface area contributed by atoms with E-state index >= 15 is 0 Å². The fraction of sp³-hybridized carbons (Fsp3) is 0.615. The van der Waals surface area contributed by atoms with E-state index < -0.39 is 0 Å². The third-order valence-corrected chi connectivity index (χ3v) is 4.06. The molecule has 1 N–H and O–H groups in total. The minimum Gasteiger partial charge on any atom is -0.481 e. The van der Waals surface area contributed by atoms with E-state index in [4.69, 9.17) is 4.74 Å². The second-order valence-electron chi connectivity index (χ2n) is 5.30. The largest absolute Gasteiger partial charge is 0.481 e. The van der Waals surface area contributed by atoms with Crippen molar-refractivity contribution in [2.75, 3.05) is 51.3 Å². The molecule has 0 saturated carbocycles. The van der Waals surface area contributed by atoms with Crippen LogP contribution in [-0.4, -0.2) is 67.2 Å². The van der Waals surface area contributed by atoms with Crippen molar-refractivity contribution < 1.29 is 9.66 Å². The molecule has 0 bridgehead atoms. The Morgan fingerprint density at radius 3 is 2.71 bits per heavy atom. The number of rotatable bonds is 4. The van der Waals surface area contributed by atoms with Gasteiger partial charge in [0.05, 0.1) is 12.0 Å². The van der Waals surface area contributed by atoms with Crippen molar-refractivity contribution in [1.82, 2.24) is 15.2 Å². The lowest BCUT2D eigenvalue weighted by Gasteiger charge is -2.47. The highest BCUT2D eigenvalue weighted by atomic mass is 16.6. The van der Waals surface area contributed by atoms with Crippen molar-refractivity contribution in [2.45, 2.75) is 6.04 Å². The normalized spacial score (nSPS) is 20.1. The first-order chi connectivity index (χ1) is 10.2. The van der Waals surface area contributed by atoms with Crippen LogP contribution in [0.5, 0.6) is 5.88 Å². The monoisotopic (exact) mass is 293 g/mol. The van der Waals surface area contributed by atoms with Gasteiger partial charge in [-0.25, -0.2) is 0 Å². The van der Waals surface area contributed by atoms with E-state index in [0.717, 1.165) is 39.3 Å². The molecule has 0 spiro atoms. The lowest BCUT2D eigenvalue weighted by atomic mass is 10.1. The second-order valence-corrected chi connectivity index (χ2v) is 5.30. The molecule has 2 aliphatic rings. The molecule has 114 valence electrons. The molecule has 3 rings (SSSR count). The summed E-state index contributed by atoms with van der Waals surface area (Å²) in [7, 11) is 1.51. The summed E-state index contributed by atoms with van der Waals surface area (Å²) in [5, 5.41) is 14.5. The molecular formula is C13H19N5O3. The van der Waals surface area contributed by atoms with Gasteiger partial charge in [0, 0.05) is 57.4 Å². The lowest BCUT2D eigenvalue weighted by Crippen LogP contribution is -2.63. The van der Waals surface area contributed by atoms with Gasteiger partial charge in [0.15, 0.2) is 0 Å². The van der Waals surface area contributed by atoms with Crippen LogP contribution in [0.2, 0.25) is 0 Å². The predicted octanol–water partition coefficient (Wildman–Crippen LogP) is 0.0922. The van der Waals surface area contributed by atoms with Crippen LogP contribution < -0.4 is 15.0 Å². The number of nitro groups is 1. The summed E-state index contributed by atoms with van der Waals surface area (Å²) in [5.41, 5.74) is 0.0366. The van der Waals surface area contributed by atoms with Crippen LogP contribution in [0.4, 0.5) is 11.5 Å². The number of nitrogens with zero attached hydrogens (tertiary/aromatic N) is 4. The zero-order chi connectivity index (χ0) is 14.8. The van der Waals surface area contributed by atoms with E-state index in [1.165, 1.54) is 19.2 Å². The lowest BCUT2D eigenvalue weighted by molar-refractivity contribution is -0.384. The number of methoxy groups -OCH3 is 1. The number of anilines is 1.